The van der Waals surface area contributed by atoms with Gasteiger partial charge in [-0.05, 0) is 43.7 Å². The molecule has 1 saturated heterocycles. The Hall–Kier alpha value is -2.77. The quantitative estimate of drug-likeness (QED) is 0.564. The van der Waals surface area contributed by atoms with Crippen molar-refractivity contribution in [2.24, 2.45) is 0 Å². The number of aromatic nitrogens is 2. The second kappa shape index (κ2) is 6.51. The molecule has 0 amide bonds. The molecule has 132 valence electrons. The third-order valence-electron chi connectivity index (χ3n) is 4.53. The van der Waals surface area contributed by atoms with E-state index in [4.69, 9.17) is 11.6 Å². The van der Waals surface area contributed by atoms with Crippen molar-refractivity contribution in [2.45, 2.75) is 18.9 Å². The summed E-state index contributed by atoms with van der Waals surface area (Å²) in [5.41, 5.74) is 0.556. The molecule has 1 fully saturated rings. The minimum Gasteiger partial charge on any atom is -0.307 e. The molecular formula is C18H15ClN4O3. The van der Waals surface area contributed by atoms with Crippen LogP contribution in [0.15, 0.2) is 47.3 Å². The minimum absolute atomic E-state index is 0.0544. The third kappa shape index (κ3) is 2.85. The van der Waals surface area contributed by atoms with E-state index in [-0.39, 0.29) is 22.7 Å². The van der Waals surface area contributed by atoms with E-state index in [1.165, 1.54) is 22.8 Å². The summed E-state index contributed by atoms with van der Waals surface area (Å²) in [4.78, 5) is 28.4. The summed E-state index contributed by atoms with van der Waals surface area (Å²) in [6.45, 7) is 0.856. The van der Waals surface area contributed by atoms with E-state index in [2.05, 4.69) is 10.3 Å². The molecule has 2 aromatic carbocycles. The van der Waals surface area contributed by atoms with E-state index < -0.39 is 4.92 Å². The molecule has 4 rings (SSSR count). The lowest BCUT2D eigenvalue weighted by atomic mass is 10.1. The van der Waals surface area contributed by atoms with Gasteiger partial charge >= 0.3 is 0 Å². The molecule has 0 spiro atoms. The topological polar surface area (TPSA) is 90.1 Å². The zero-order valence-electron chi connectivity index (χ0n) is 13.7. The van der Waals surface area contributed by atoms with Crippen LogP contribution >= 0.6 is 11.6 Å². The number of benzene rings is 2. The molecule has 1 aliphatic heterocycles. The molecule has 0 aliphatic carbocycles. The van der Waals surface area contributed by atoms with E-state index >= 15 is 0 Å². The van der Waals surface area contributed by atoms with Gasteiger partial charge in [-0.15, -0.1) is 0 Å². The second-order valence-corrected chi connectivity index (χ2v) is 6.63. The van der Waals surface area contributed by atoms with E-state index in [1.807, 2.05) is 0 Å². The number of nitro benzene ring substituents is 1. The van der Waals surface area contributed by atoms with Gasteiger partial charge in [-0.1, -0.05) is 17.7 Å². The summed E-state index contributed by atoms with van der Waals surface area (Å²) in [6, 6.07) is 11.1. The lowest BCUT2D eigenvalue weighted by molar-refractivity contribution is -0.384. The van der Waals surface area contributed by atoms with Crippen molar-refractivity contribution in [3.8, 4) is 5.69 Å². The van der Waals surface area contributed by atoms with Gasteiger partial charge in [-0.25, -0.2) is 4.98 Å². The number of rotatable bonds is 3. The maximum Gasteiger partial charge on any atom is 0.270 e. The fourth-order valence-electron chi connectivity index (χ4n) is 3.31. The van der Waals surface area contributed by atoms with Crippen molar-refractivity contribution in [3.63, 3.8) is 0 Å². The summed E-state index contributed by atoms with van der Waals surface area (Å²) >= 11 is 6.10. The van der Waals surface area contributed by atoms with Crippen molar-refractivity contribution >= 4 is 28.2 Å². The minimum atomic E-state index is -0.519. The largest absolute Gasteiger partial charge is 0.307 e. The average molecular weight is 371 g/mol. The van der Waals surface area contributed by atoms with Crippen molar-refractivity contribution in [1.29, 1.82) is 0 Å². The number of nitrogens with zero attached hydrogens (tertiary/aromatic N) is 3. The van der Waals surface area contributed by atoms with Crippen molar-refractivity contribution < 1.29 is 4.92 Å². The number of nitrogens with one attached hydrogen (secondary N) is 1. The van der Waals surface area contributed by atoms with Crippen LogP contribution in [0.2, 0.25) is 5.02 Å². The molecule has 8 heteroatoms. The lowest BCUT2D eigenvalue weighted by Gasteiger charge is -2.18. The van der Waals surface area contributed by atoms with Crippen LogP contribution in [0.1, 0.15) is 24.7 Å². The van der Waals surface area contributed by atoms with Crippen LogP contribution in [-0.4, -0.2) is 21.0 Å². The second-order valence-electron chi connectivity index (χ2n) is 6.20. The Labute approximate surface area is 153 Å². The third-order valence-corrected chi connectivity index (χ3v) is 4.76. The van der Waals surface area contributed by atoms with E-state index in [9.17, 15) is 14.9 Å². The molecule has 7 nitrogen and oxygen atoms in total. The highest BCUT2D eigenvalue weighted by atomic mass is 35.5. The maximum atomic E-state index is 13.2. The van der Waals surface area contributed by atoms with Gasteiger partial charge in [0.25, 0.3) is 11.2 Å². The number of hydrogen-bond acceptors (Lipinski definition) is 5. The molecule has 2 heterocycles. The average Bonchev–Trinajstić information content (AvgIpc) is 3.15. The number of halogens is 1. The standard InChI is InChI=1S/C18H15ClN4O3/c19-11-3-1-4-12(9-11)22-17(16-5-2-8-20-16)21-15-7-6-13(23(25)26)10-14(15)18(22)24/h1,3-4,6-7,9-10,16,20H,2,5,8H2. The van der Waals surface area contributed by atoms with E-state index in [0.29, 0.717) is 22.1 Å². The van der Waals surface area contributed by atoms with Crippen molar-refractivity contribution in [2.75, 3.05) is 6.54 Å². The first-order valence-corrected chi connectivity index (χ1v) is 8.63. The van der Waals surface area contributed by atoms with Crippen molar-refractivity contribution in [1.82, 2.24) is 14.9 Å². The Kier molecular flexibility index (Phi) is 4.18. The summed E-state index contributed by atoms with van der Waals surface area (Å²) in [6.07, 6.45) is 1.86. The Morgan fingerprint density at radius 1 is 1.27 bits per heavy atom. The fourth-order valence-corrected chi connectivity index (χ4v) is 3.49. The summed E-state index contributed by atoms with van der Waals surface area (Å²) in [5, 5.41) is 15.1. The lowest BCUT2D eigenvalue weighted by Crippen LogP contribution is -2.28. The van der Waals surface area contributed by atoms with Crippen LogP contribution in [0.3, 0.4) is 0 Å². The Morgan fingerprint density at radius 2 is 2.12 bits per heavy atom. The first-order chi connectivity index (χ1) is 12.5. The van der Waals surface area contributed by atoms with Crippen LogP contribution in [0.25, 0.3) is 16.6 Å². The van der Waals surface area contributed by atoms with Gasteiger partial charge in [-0.3, -0.25) is 19.5 Å². The van der Waals surface area contributed by atoms with Gasteiger partial charge in [0.2, 0.25) is 0 Å². The van der Waals surface area contributed by atoms with Crippen LogP contribution in [-0.2, 0) is 0 Å². The van der Waals surface area contributed by atoms with E-state index in [1.54, 1.807) is 24.3 Å². The highest BCUT2D eigenvalue weighted by Crippen LogP contribution is 2.26. The first-order valence-electron chi connectivity index (χ1n) is 8.25. The molecule has 26 heavy (non-hydrogen) atoms. The van der Waals surface area contributed by atoms with Gasteiger partial charge in [0, 0.05) is 17.2 Å². The molecule has 1 N–H and O–H groups in total. The monoisotopic (exact) mass is 370 g/mol. The van der Waals surface area contributed by atoms with Gasteiger partial charge in [0.05, 0.1) is 27.6 Å². The molecule has 3 aromatic rings. The molecule has 0 radical (unpaired) electrons. The summed E-state index contributed by atoms with van der Waals surface area (Å²) in [5.74, 6) is 0.594. The number of hydrogen-bond donors (Lipinski definition) is 1. The number of fused-ring (bicyclic) bond motifs is 1. The molecule has 0 saturated carbocycles. The smallest absolute Gasteiger partial charge is 0.270 e. The molecule has 1 aromatic heterocycles. The van der Waals surface area contributed by atoms with Crippen LogP contribution < -0.4 is 10.9 Å². The SMILES string of the molecule is O=c1c2cc([N+](=O)[O-])ccc2nc(C2CCCN2)n1-c1cccc(Cl)c1. The van der Waals surface area contributed by atoms with Gasteiger partial charge in [0.1, 0.15) is 5.82 Å². The number of nitro groups is 1. The van der Waals surface area contributed by atoms with Gasteiger partial charge < -0.3 is 5.32 Å². The predicted molar refractivity (Wildman–Crippen MR) is 99.0 cm³/mol. The first kappa shape index (κ1) is 16.7. The van der Waals surface area contributed by atoms with Crippen LogP contribution in [0.5, 0.6) is 0 Å². The fraction of sp³-hybridized carbons (Fsp3) is 0.222. The van der Waals surface area contributed by atoms with Crippen molar-refractivity contribution in [3.05, 3.63) is 73.8 Å². The molecule has 1 unspecified atom stereocenters. The predicted octanol–water partition coefficient (Wildman–Crippen LogP) is 3.37. The summed E-state index contributed by atoms with van der Waals surface area (Å²) < 4.78 is 1.50. The Balaban J connectivity index is 2.04. The summed E-state index contributed by atoms with van der Waals surface area (Å²) in [7, 11) is 0. The molecule has 1 aliphatic rings. The van der Waals surface area contributed by atoms with E-state index in [0.717, 1.165) is 19.4 Å². The zero-order chi connectivity index (χ0) is 18.3. The highest BCUT2D eigenvalue weighted by molar-refractivity contribution is 6.30. The normalized spacial score (nSPS) is 16.9. The van der Waals surface area contributed by atoms with Gasteiger partial charge in [0.15, 0.2) is 0 Å². The maximum absolute atomic E-state index is 13.2. The molecule has 1 atom stereocenters. The molecular weight excluding hydrogens is 356 g/mol. The van der Waals surface area contributed by atoms with Crippen LogP contribution in [0.4, 0.5) is 5.69 Å². The zero-order valence-corrected chi connectivity index (χ0v) is 14.4. The number of non-ortho nitro benzene ring substituents is 1. The van der Waals surface area contributed by atoms with Gasteiger partial charge in [-0.2, -0.15) is 0 Å². The Bertz CT molecular complexity index is 1070. The molecule has 0 bridgehead atoms. The Morgan fingerprint density at radius 3 is 2.81 bits per heavy atom. The highest BCUT2D eigenvalue weighted by Gasteiger charge is 2.24. The van der Waals surface area contributed by atoms with Crippen LogP contribution in [0, 0.1) is 10.1 Å².